The van der Waals surface area contributed by atoms with E-state index in [4.69, 9.17) is 4.74 Å². The van der Waals surface area contributed by atoms with Crippen LogP contribution in [0.15, 0.2) is 36.4 Å². The summed E-state index contributed by atoms with van der Waals surface area (Å²) in [6.45, 7) is 5.75. The summed E-state index contributed by atoms with van der Waals surface area (Å²) in [5.74, 6) is 3.78. The van der Waals surface area contributed by atoms with Crippen LogP contribution in [-0.2, 0) is 11.3 Å². The van der Waals surface area contributed by atoms with E-state index in [2.05, 4.69) is 50.3 Å². The molecule has 0 amide bonds. The number of allylic oxidation sites excluding steroid dienone is 2. The maximum absolute atomic E-state index is 5.51. The van der Waals surface area contributed by atoms with Crippen LogP contribution in [-0.4, -0.2) is 6.61 Å². The molecule has 26 heavy (non-hydrogen) atoms. The van der Waals surface area contributed by atoms with Gasteiger partial charge in [0.25, 0.3) is 0 Å². The molecule has 0 N–H and O–H groups in total. The van der Waals surface area contributed by atoms with Crippen molar-refractivity contribution in [2.75, 3.05) is 6.61 Å². The Hall–Kier alpha value is -1.08. The van der Waals surface area contributed by atoms with Crippen molar-refractivity contribution in [3.8, 4) is 0 Å². The fourth-order valence-electron chi connectivity index (χ4n) is 5.25. The SMILES string of the molecule is CC=CCC1CCC(C2CCC(c3ccc(COCC)cc3)CC2)CC1. The second kappa shape index (κ2) is 10.3. The van der Waals surface area contributed by atoms with E-state index in [0.717, 1.165) is 36.9 Å². The van der Waals surface area contributed by atoms with Crippen LogP contribution in [0.5, 0.6) is 0 Å². The third-order valence-electron chi connectivity index (χ3n) is 6.96. The summed E-state index contributed by atoms with van der Waals surface area (Å²) in [5, 5.41) is 0. The molecule has 0 aliphatic heterocycles. The smallest absolute Gasteiger partial charge is 0.0716 e. The Morgan fingerprint density at radius 3 is 2.08 bits per heavy atom. The molecule has 0 spiro atoms. The minimum absolute atomic E-state index is 0.750. The highest BCUT2D eigenvalue weighted by molar-refractivity contribution is 5.25. The number of hydrogen-bond acceptors (Lipinski definition) is 1. The van der Waals surface area contributed by atoms with Gasteiger partial charge < -0.3 is 4.74 Å². The van der Waals surface area contributed by atoms with Gasteiger partial charge in [-0.05, 0) is 106 Å². The molecule has 0 heterocycles. The Morgan fingerprint density at radius 2 is 1.50 bits per heavy atom. The third-order valence-corrected chi connectivity index (χ3v) is 6.96. The standard InChI is InChI=1S/C25H38O/c1-3-5-6-20-7-11-22(12-8-20)24-15-17-25(18-16-24)23-13-9-21(10-14-23)19-26-4-2/h3,5,9-10,13-14,20,22,24-25H,4,6-8,11-12,15-19H2,1-2H3. The van der Waals surface area contributed by atoms with Gasteiger partial charge in [-0.3, -0.25) is 0 Å². The molecular formula is C25H38O. The highest BCUT2D eigenvalue weighted by Crippen LogP contribution is 2.44. The van der Waals surface area contributed by atoms with Gasteiger partial charge in [0.15, 0.2) is 0 Å². The molecule has 0 aromatic heterocycles. The highest BCUT2D eigenvalue weighted by Gasteiger charge is 2.30. The van der Waals surface area contributed by atoms with Crippen LogP contribution in [0.25, 0.3) is 0 Å². The minimum atomic E-state index is 0.750. The van der Waals surface area contributed by atoms with Gasteiger partial charge in [-0.15, -0.1) is 0 Å². The van der Waals surface area contributed by atoms with Crippen molar-refractivity contribution >= 4 is 0 Å². The monoisotopic (exact) mass is 354 g/mol. The lowest BCUT2D eigenvalue weighted by molar-refractivity contribution is 0.134. The van der Waals surface area contributed by atoms with Crippen LogP contribution < -0.4 is 0 Å². The van der Waals surface area contributed by atoms with Crippen molar-refractivity contribution < 1.29 is 4.74 Å². The molecule has 1 nitrogen and oxygen atoms in total. The lowest BCUT2D eigenvalue weighted by Gasteiger charge is -2.38. The first-order valence-electron chi connectivity index (χ1n) is 11.1. The zero-order valence-electron chi connectivity index (χ0n) is 17.0. The van der Waals surface area contributed by atoms with Crippen LogP contribution in [0.1, 0.15) is 88.7 Å². The first kappa shape index (κ1) is 19.7. The molecule has 2 saturated carbocycles. The zero-order valence-corrected chi connectivity index (χ0v) is 17.0. The largest absolute Gasteiger partial charge is 0.377 e. The van der Waals surface area contributed by atoms with Gasteiger partial charge in [-0.2, -0.15) is 0 Å². The molecule has 1 aromatic rings. The second-order valence-corrected chi connectivity index (χ2v) is 8.58. The molecule has 2 fully saturated rings. The van der Waals surface area contributed by atoms with Crippen molar-refractivity contribution in [1.29, 1.82) is 0 Å². The van der Waals surface area contributed by atoms with Crippen molar-refractivity contribution in [3.05, 3.63) is 47.5 Å². The van der Waals surface area contributed by atoms with Gasteiger partial charge in [0.1, 0.15) is 0 Å². The minimum Gasteiger partial charge on any atom is -0.377 e. The van der Waals surface area contributed by atoms with Gasteiger partial charge in [0, 0.05) is 6.61 Å². The van der Waals surface area contributed by atoms with E-state index in [1.807, 2.05) is 0 Å². The summed E-state index contributed by atoms with van der Waals surface area (Å²) in [4.78, 5) is 0. The Morgan fingerprint density at radius 1 is 0.885 bits per heavy atom. The maximum atomic E-state index is 5.51. The number of benzene rings is 1. The van der Waals surface area contributed by atoms with Crippen LogP contribution in [0.4, 0.5) is 0 Å². The Balaban J connectivity index is 1.43. The highest BCUT2D eigenvalue weighted by atomic mass is 16.5. The van der Waals surface area contributed by atoms with Gasteiger partial charge >= 0.3 is 0 Å². The van der Waals surface area contributed by atoms with E-state index in [1.165, 1.54) is 63.4 Å². The van der Waals surface area contributed by atoms with E-state index in [-0.39, 0.29) is 0 Å². The summed E-state index contributed by atoms with van der Waals surface area (Å²) in [7, 11) is 0. The van der Waals surface area contributed by atoms with Crippen LogP contribution in [0.2, 0.25) is 0 Å². The molecule has 0 radical (unpaired) electrons. The molecule has 0 saturated heterocycles. The van der Waals surface area contributed by atoms with Gasteiger partial charge in [0.2, 0.25) is 0 Å². The molecule has 0 unspecified atom stereocenters. The maximum Gasteiger partial charge on any atom is 0.0716 e. The third kappa shape index (κ3) is 5.46. The zero-order chi connectivity index (χ0) is 18.2. The van der Waals surface area contributed by atoms with Crippen molar-refractivity contribution in [1.82, 2.24) is 0 Å². The molecule has 0 atom stereocenters. The first-order valence-corrected chi connectivity index (χ1v) is 11.1. The van der Waals surface area contributed by atoms with Gasteiger partial charge in [0.05, 0.1) is 6.61 Å². The van der Waals surface area contributed by atoms with Crippen LogP contribution in [0, 0.1) is 17.8 Å². The summed E-state index contributed by atoms with van der Waals surface area (Å²) in [6.07, 6.45) is 17.5. The first-order chi connectivity index (χ1) is 12.8. The van der Waals surface area contributed by atoms with E-state index in [0.29, 0.717) is 0 Å². The fourth-order valence-corrected chi connectivity index (χ4v) is 5.25. The molecule has 1 aromatic carbocycles. The van der Waals surface area contributed by atoms with E-state index >= 15 is 0 Å². The summed E-state index contributed by atoms with van der Waals surface area (Å²) in [5.41, 5.74) is 2.86. The van der Waals surface area contributed by atoms with Crippen molar-refractivity contribution in [2.24, 2.45) is 17.8 Å². The summed E-state index contributed by atoms with van der Waals surface area (Å²) < 4.78 is 5.51. The van der Waals surface area contributed by atoms with Gasteiger partial charge in [-0.25, -0.2) is 0 Å². The average molecular weight is 355 g/mol. The Labute approximate surface area is 161 Å². The lowest BCUT2D eigenvalue weighted by Crippen LogP contribution is -2.25. The van der Waals surface area contributed by atoms with Crippen LogP contribution >= 0.6 is 0 Å². The molecule has 2 aliphatic rings. The Bertz CT molecular complexity index is 528. The fraction of sp³-hybridized carbons (Fsp3) is 0.680. The predicted molar refractivity (Wildman–Crippen MR) is 111 cm³/mol. The lowest BCUT2D eigenvalue weighted by atomic mass is 9.68. The second-order valence-electron chi connectivity index (χ2n) is 8.58. The molecule has 3 rings (SSSR count). The van der Waals surface area contributed by atoms with E-state index in [1.54, 1.807) is 5.56 Å². The molecule has 1 heteroatoms. The quantitative estimate of drug-likeness (QED) is 0.468. The molecule has 0 bridgehead atoms. The number of hydrogen-bond donors (Lipinski definition) is 0. The van der Waals surface area contributed by atoms with Crippen molar-refractivity contribution in [3.63, 3.8) is 0 Å². The summed E-state index contributed by atoms with van der Waals surface area (Å²) >= 11 is 0. The Kier molecular flexibility index (Phi) is 7.80. The molecule has 2 aliphatic carbocycles. The van der Waals surface area contributed by atoms with E-state index < -0.39 is 0 Å². The average Bonchev–Trinajstić information content (AvgIpc) is 2.72. The normalized spacial score (nSPS) is 29.9. The number of rotatable bonds is 7. The van der Waals surface area contributed by atoms with Crippen molar-refractivity contribution in [2.45, 2.75) is 84.2 Å². The number of ether oxygens (including phenoxy) is 1. The molecule has 144 valence electrons. The van der Waals surface area contributed by atoms with Crippen LogP contribution in [0.3, 0.4) is 0 Å². The summed E-state index contributed by atoms with van der Waals surface area (Å²) in [6, 6.07) is 9.24. The van der Waals surface area contributed by atoms with E-state index in [9.17, 15) is 0 Å². The van der Waals surface area contributed by atoms with Gasteiger partial charge in [-0.1, -0.05) is 36.4 Å². The molecular weight excluding hydrogens is 316 g/mol. The predicted octanol–water partition coefficient (Wildman–Crippen LogP) is 7.27. The topological polar surface area (TPSA) is 9.23 Å².